The summed E-state index contributed by atoms with van der Waals surface area (Å²) in [4.78, 5) is 9.00. The van der Waals surface area contributed by atoms with Crippen molar-refractivity contribution in [3.05, 3.63) is 33.8 Å². The summed E-state index contributed by atoms with van der Waals surface area (Å²) in [7, 11) is 0. The molecule has 0 aliphatic carbocycles. The van der Waals surface area contributed by atoms with E-state index in [0.29, 0.717) is 0 Å². The Kier molecular flexibility index (Phi) is 3.01. The van der Waals surface area contributed by atoms with E-state index >= 15 is 0 Å². The first kappa shape index (κ1) is 11.6. The molecular formula is C12H14IN3. The molecule has 0 atom stereocenters. The van der Waals surface area contributed by atoms with E-state index in [1.54, 1.807) is 0 Å². The molecule has 0 aliphatic rings. The minimum absolute atomic E-state index is 0.0567. The number of imidazole rings is 1. The average Bonchev–Trinajstić information content (AvgIpc) is 2.53. The molecule has 2 aromatic heterocycles. The number of fused-ring (bicyclic) bond motifs is 1. The molecule has 0 aliphatic heterocycles. The van der Waals surface area contributed by atoms with Gasteiger partial charge in [0.05, 0.1) is 11.8 Å². The van der Waals surface area contributed by atoms with Crippen molar-refractivity contribution in [2.75, 3.05) is 0 Å². The second kappa shape index (κ2) is 4.16. The highest BCUT2D eigenvalue weighted by Gasteiger charge is 2.09. The van der Waals surface area contributed by atoms with E-state index in [9.17, 15) is 0 Å². The fraction of sp³-hybridized carbons (Fsp3) is 0.333. The quantitative estimate of drug-likeness (QED) is 0.584. The Bertz CT molecular complexity index is 535. The summed E-state index contributed by atoms with van der Waals surface area (Å²) in [6.07, 6.45) is 3.87. The van der Waals surface area contributed by atoms with Crippen LogP contribution in [0.3, 0.4) is 0 Å². The zero-order valence-electron chi connectivity index (χ0n) is 9.61. The lowest BCUT2D eigenvalue weighted by molar-refractivity contribution is 0.586. The summed E-state index contributed by atoms with van der Waals surface area (Å²) in [5.74, 6) is 0. The summed E-state index contributed by atoms with van der Waals surface area (Å²) in [5.41, 5.74) is 1.84. The summed E-state index contributed by atoms with van der Waals surface area (Å²) in [6, 6.07) is 5.99. The highest BCUT2D eigenvalue weighted by atomic mass is 127. The first-order valence-electron chi connectivity index (χ1n) is 5.15. The Labute approximate surface area is 109 Å². The molecule has 0 saturated heterocycles. The summed E-state index contributed by atoms with van der Waals surface area (Å²) < 4.78 is 3.16. The smallest absolute Gasteiger partial charge is 0.138 e. The number of aromatic nitrogens is 2. The molecule has 16 heavy (non-hydrogen) atoms. The number of nitrogens with zero attached hydrogens (tertiary/aromatic N) is 3. The van der Waals surface area contributed by atoms with Crippen LogP contribution in [0.2, 0.25) is 0 Å². The minimum atomic E-state index is -0.0567. The number of hydrogen-bond donors (Lipinski definition) is 0. The first-order valence-corrected chi connectivity index (χ1v) is 6.23. The largest absolute Gasteiger partial charge is 0.294 e. The Morgan fingerprint density at radius 2 is 2.12 bits per heavy atom. The summed E-state index contributed by atoms with van der Waals surface area (Å²) in [6.45, 7) is 6.23. The van der Waals surface area contributed by atoms with Crippen LogP contribution >= 0.6 is 22.6 Å². The van der Waals surface area contributed by atoms with Crippen molar-refractivity contribution in [1.29, 1.82) is 0 Å². The topological polar surface area (TPSA) is 29.7 Å². The molecule has 0 radical (unpaired) electrons. The van der Waals surface area contributed by atoms with E-state index in [4.69, 9.17) is 0 Å². The van der Waals surface area contributed by atoms with E-state index in [2.05, 4.69) is 57.7 Å². The van der Waals surface area contributed by atoms with Crippen LogP contribution in [0.1, 0.15) is 26.5 Å². The number of halogens is 1. The predicted molar refractivity (Wildman–Crippen MR) is 75.3 cm³/mol. The second-order valence-electron chi connectivity index (χ2n) is 4.65. The number of rotatable bonds is 1. The molecule has 0 bridgehead atoms. The first-order chi connectivity index (χ1) is 7.47. The second-order valence-corrected chi connectivity index (χ2v) is 5.67. The third-order valence-corrected chi connectivity index (χ3v) is 3.14. The van der Waals surface area contributed by atoms with Gasteiger partial charge in [-0.1, -0.05) is 6.07 Å². The number of pyridine rings is 1. The van der Waals surface area contributed by atoms with Crippen LogP contribution in [-0.4, -0.2) is 21.1 Å². The zero-order valence-corrected chi connectivity index (χ0v) is 11.8. The molecule has 2 heterocycles. The van der Waals surface area contributed by atoms with E-state index in [-0.39, 0.29) is 5.54 Å². The van der Waals surface area contributed by atoms with Gasteiger partial charge in [0.2, 0.25) is 0 Å². The molecule has 0 N–H and O–H groups in total. The lowest BCUT2D eigenvalue weighted by atomic mass is 10.1. The van der Waals surface area contributed by atoms with Crippen LogP contribution in [0.25, 0.3) is 5.65 Å². The third-order valence-electron chi connectivity index (χ3n) is 2.07. The maximum atomic E-state index is 4.52. The van der Waals surface area contributed by atoms with Gasteiger partial charge in [-0.05, 0) is 55.5 Å². The van der Waals surface area contributed by atoms with Crippen molar-refractivity contribution in [3.8, 4) is 0 Å². The zero-order chi connectivity index (χ0) is 11.8. The van der Waals surface area contributed by atoms with Gasteiger partial charge in [0.1, 0.15) is 15.0 Å². The molecule has 0 fully saturated rings. The molecule has 3 nitrogen and oxygen atoms in total. The lowest BCUT2D eigenvalue weighted by Crippen LogP contribution is -2.09. The minimum Gasteiger partial charge on any atom is -0.294 e. The van der Waals surface area contributed by atoms with Crippen molar-refractivity contribution in [1.82, 2.24) is 9.38 Å². The molecule has 0 spiro atoms. The van der Waals surface area contributed by atoms with Crippen LogP contribution in [0, 0.1) is 3.70 Å². The Hall–Kier alpha value is -0.910. The average molecular weight is 327 g/mol. The van der Waals surface area contributed by atoms with E-state index < -0.39 is 0 Å². The predicted octanol–water partition coefficient (Wildman–Crippen LogP) is 3.16. The van der Waals surface area contributed by atoms with Crippen LogP contribution in [0.5, 0.6) is 0 Å². The molecule has 2 aromatic rings. The molecule has 4 heteroatoms. The summed E-state index contributed by atoms with van der Waals surface area (Å²) in [5, 5.41) is 0. The Morgan fingerprint density at radius 3 is 2.75 bits per heavy atom. The maximum Gasteiger partial charge on any atom is 0.138 e. The van der Waals surface area contributed by atoms with Gasteiger partial charge in [-0.2, -0.15) is 0 Å². The molecule has 0 saturated carbocycles. The van der Waals surface area contributed by atoms with Gasteiger partial charge in [0.25, 0.3) is 0 Å². The Morgan fingerprint density at radius 1 is 1.38 bits per heavy atom. The van der Waals surface area contributed by atoms with Crippen molar-refractivity contribution < 1.29 is 0 Å². The van der Waals surface area contributed by atoms with Crippen molar-refractivity contribution >= 4 is 34.5 Å². The van der Waals surface area contributed by atoms with Crippen LogP contribution < -0.4 is 0 Å². The lowest BCUT2D eigenvalue weighted by Gasteiger charge is -2.09. The monoisotopic (exact) mass is 327 g/mol. The number of hydrogen-bond acceptors (Lipinski definition) is 2. The fourth-order valence-corrected chi connectivity index (χ4v) is 1.99. The van der Waals surface area contributed by atoms with Gasteiger partial charge >= 0.3 is 0 Å². The molecule has 0 amide bonds. The SMILES string of the molecule is CC(C)(C)N=Cc1nc2ccccn2c1I. The molecule has 84 valence electrons. The van der Waals surface area contributed by atoms with Gasteiger partial charge < -0.3 is 0 Å². The summed E-state index contributed by atoms with van der Waals surface area (Å²) >= 11 is 2.29. The van der Waals surface area contributed by atoms with Crippen molar-refractivity contribution in [3.63, 3.8) is 0 Å². The Balaban J connectivity index is 2.46. The normalized spacial score (nSPS) is 12.8. The highest BCUT2D eigenvalue weighted by molar-refractivity contribution is 14.1. The van der Waals surface area contributed by atoms with Gasteiger partial charge in [-0.3, -0.25) is 9.39 Å². The molecule has 2 rings (SSSR count). The highest BCUT2D eigenvalue weighted by Crippen LogP contribution is 2.14. The van der Waals surface area contributed by atoms with Gasteiger partial charge in [0, 0.05) is 6.20 Å². The van der Waals surface area contributed by atoms with E-state index in [0.717, 1.165) is 15.0 Å². The van der Waals surface area contributed by atoms with E-state index in [1.807, 2.05) is 30.6 Å². The van der Waals surface area contributed by atoms with Crippen LogP contribution in [0.15, 0.2) is 29.4 Å². The van der Waals surface area contributed by atoms with Crippen molar-refractivity contribution in [2.45, 2.75) is 26.3 Å². The third kappa shape index (κ3) is 2.42. The molecule has 0 unspecified atom stereocenters. The van der Waals surface area contributed by atoms with Crippen LogP contribution in [-0.2, 0) is 0 Å². The standard InChI is InChI=1S/C12H14IN3/c1-12(2,3)14-8-9-11(13)16-7-5-4-6-10(16)15-9/h4-8H,1-3H3. The van der Waals surface area contributed by atoms with Gasteiger partial charge in [0.15, 0.2) is 0 Å². The van der Waals surface area contributed by atoms with Gasteiger partial charge in [-0.25, -0.2) is 4.98 Å². The fourth-order valence-electron chi connectivity index (χ4n) is 1.32. The van der Waals surface area contributed by atoms with E-state index in [1.165, 1.54) is 0 Å². The number of aliphatic imine (C=N–C) groups is 1. The van der Waals surface area contributed by atoms with Gasteiger partial charge in [-0.15, -0.1) is 0 Å². The molecular weight excluding hydrogens is 313 g/mol. The maximum absolute atomic E-state index is 4.52. The van der Waals surface area contributed by atoms with Crippen LogP contribution in [0.4, 0.5) is 0 Å². The van der Waals surface area contributed by atoms with Crippen molar-refractivity contribution in [2.24, 2.45) is 4.99 Å². The molecule has 0 aromatic carbocycles.